The van der Waals surface area contributed by atoms with Gasteiger partial charge in [-0.15, -0.1) is 0 Å². The number of benzene rings is 3. The first-order chi connectivity index (χ1) is 15.7. The average molecular weight is 469 g/mol. The zero-order valence-electron chi connectivity index (χ0n) is 19.1. The second-order valence-corrected chi connectivity index (χ2v) is 9.31. The van der Waals surface area contributed by atoms with Crippen molar-refractivity contribution in [3.8, 4) is 11.5 Å². The van der Waals surface area contributed by atoms with Crippen molar-refractivity contribution >= 4 is 27.3 Å². The van der Waals surface area contributed by atoms with E-state index in [-0.39, 0.29) is 10.8 Å². The molecule has 0 spiro atoms. The molecular weight excluding hydrogens is 440 g/mol. The van der Waals surface area contributed by atoms with E-state index in [2.05, 4.69) is 10.0 Å². The number of nitrogens with one attached hydrogen (secondary N) is 2. The van der Waals surface area contributed by atoms with Gasteiger partial charge in [-0.1, -0.05) is 25.1 Å². The third-order valence-corrected chi connectivity index (χ3v) is 6.43. The largest absolute Gasteiger partial charge is 0.497 e. The monoisotopic (exact) mass is 468 g/mol. The summed E-state index contributed by atoms with van der Waals surface area (Å²) in [7, 11) is -2.21. The molecule has 1 atom stereocenters. The molecule has 0 fully saturated rings. The fourth-order valence-corrected chi connectivity index (χ4v) is 4.27. The van der Waals surface area contributed by atoms with Crippen LogP contribution in [0.4, 0.5) is 11.4 Å². The minimum atomic E-state index is -3.77. The number of carbonyl (C=O) groups excluding carboxylic acids is 1. The average Bonchev–Trinajstić information content (AvgIpc) is 2.80. The van der Waals surface area contributed by atoms with E-state index in [9.17, 15) is 13.2 Å². The molecule has 0 bridgehead atoms. The zero-order valence-corrected chi connectivity index (χ0v) is 19.9. The molecule has 0 heterocycles. The van der Waals surface area contributed by atoms with Crippen molar-refractivity contribution in [3.63, 3.8) is 0 Å². The van der Waals surface area contributed by atoms with E-state index in [0.717, 1.165) is 11.1 Å². The lowest BCUT2D eigenvalue weighted by atomic mass is 10.1. The van der Waals surface area contributed by atoms with Gasteiger partial charge in [0.2, 0.25) is 0 Å². The Morgan fingerprint density at radius 2 is 1.67 bits per heavy atom. The predicted octanol–water partition coefficient (Wildman–Crippen LogP) is 4.91. The van der Waals surface area contributed by atoms with E-state index < -0.39 is 16.1 Å². The van der Waals surface area contributed by atoms with Crippen molar-refractivity contribution in [2.45, 2.75) is 38.2 Å². The van der Waals surface area contributed by atoms with Crippen molar-refractivity contribution in [1.82, 2.24) is 0 Å². The molecule has 0 aliphatic rings. The lowest BCUT2D eigenvalue weighted by Gasteiger charge is -2.18. The highest BCUT2D eigenvalue weighted by Crippen LogP contribution is 2.23. The Morgan fingerprint density at radius 1 is 0.970 bits per heavy atom. The molecular formula is C25H28N2O5S. The van der Waals surface area contributed by atoms with Crippen LogP contribution in [0.3, 0.4) is 0 Å². The van der Waals surface area contributed by atoms with E-state index >= 15 is 0 Å². The number of methoxy groups -OCH3 is 1. The molecule has 0 saturated carbocycles. The summed E-state index contributed by atoms with van der Waals surface area (Å²) in [6.07, 6.45) is -0.263. The van der Waals surface area contributed by atoms with Gasteiger partial charge in [0.1, 0.15) is 11.5 Å². The highest BCUT2D eigenvalue weighted by molar-refractivity contribution is 7.92. The molecule has 1 amide bonds. The van der Waals surface area contributed by atoms with Crippen molar-refractivity contribution in [1.29, 1.82) is 0 Å². The number of rotatable bonds is 9. The number of aryl methyl sites for hydroxylation is 2. The second kappa shape index (κ2) is 10.4. The van der Waals surface area contributed by atoms with E-state index in [1.165, 1.54) is 12.1 Å². The van der Waals surface area contributed by atoms with Crippen LogP contribution < -0.4 is 19.5 Å². The highest BCUT2D eigenvalue weighted by Gasteiger charge is 2.20. The fourth-order valence-electron chi connectivity index (χ4n) is 3.15. The van der Waals surface area contributed by atoms with Crippen molar-refractivity contribution in [2.24, 2.45) is 0 Å². The molecule has 3 rings (SSSR count). The van der Waals surface area contributed by atoms with Gasteiger partial charge >= 0.3 is 0 Å². The van der Waals surface area contributed by atoms with Crippen LogP contribution in [0.5, 0.6) is 11.5 Å². The summed E-state index contributed by atoms with van der Waals surface area (Å²) in [5.74, 6) is 0.828. The molecule has 0 aliphatic carbocycles. The predicted molar refractivity (Wildman–Crippen MR) is 129 cm³/mol. The van der Waals surface area contributed by atoms with Gasteiger partial charge in [-0.05, 0) is 73.9 Å². The number of amides is 1. The third-order valence-electron chi connectivity index (χ3n) is 5.05. The number of anilines is 2. The van der Waals surface area contributed by atoms with Crippen LogP contribution in [0.2, 0.25) is 0 Å². The minimum Gasteiger partial charge on any atom is -0.497 e. The van der Waals surface area contributed by atoms with Gasteiger partial charge in [0, 0.05) is 11.8 Å². The molecule has 0 aromatic heterocycles. The van der Waals surface area contributed by atoms with E-state index in [0.29, 0.717) is 29.3 Å². The lowest BCUT2D eigenvalue weighted by Crippen LogP contribution is -2.32. The number of ether oxygens (including phenoxy) is 2. The minimum absolute atomic E-state index is 0.0982. The smallest absolute Gasteiger partial charge is 0.265 e. The molecule has 0 saturated heterocycles. The van der Waals surface area contributed by atoms with Crippen LogP contribution in [0, 0.1) is 13.8 Å². The van der Waals surface area contributed by atoms with Gasteiger partial charge in [-0.3, -0.25) is 9.52 Å². The van der Waals surface area contributed by atoms with Crippen LogP contribution in [0.15, 0.2) is 71.6 Å². The Morgan fingerprint density at radius 3 is 2.33 bits per heavy atom. The van der Waals surface area contributed by atoms with Gasteiger partial charge in [0.05, 0.1) is 17.7 Å². The molecule has 3 aromatic carbocycles. The molecule has 0 radical (unpaired) electrons. The Labute approximate surface area is 194 Å². The van der Waals surface area contributed by atoms with Crippen LogP contribution in [0.1, 0.15) is 24.5 Å². The van der Waals surface area contributed by atoms with Crippen molar-refractivity contribution in [3.05, 3.63) is 77.9 Å². The van der Waals surface area contributed by atoms with Crippen LogP contribution in [-0.2, 0) is 14.8 Å². The maximum Gasteiger partial charge on any atom is 0.265 e. The van der Waals surface area contributed by atoms with Gasteiger partial charge in [-0.2, -0.15) is 0 Å². The van der Waals surface area contributed by atoms with E-state index in [1.807, 2.05) is 32.9 Å². The number of carbonyl (C=O) groups is 1. The molecule has 8 heteroatoms. The standard InChI is InChI=1S/C25H28N2O5S/c1-5-24(32-21-8-6-7-20(16-21)31-4)25(28)26-19-11-13-22(14-12-19)33(29,30)27-23-15-17(2)9-10-18(23)3/h6-16,24,27H,5H2,1-4H3,(H,26,28)/t24-/m1/s1. The quantitative estimate of drug-likeness (QED) is 0.465. The maximum absolute atomic E-state index is 12.8. The van der Waals surface area contributed by atoms with Crippen molar-refractivity contribution in [2.75, 3.05) is 17.1 Å². The lowest BCUT2D eigenvalue weighted by molar-refractivity contribution is -0.122. The summed E-state index contributed by atoms with van der Waals surface area (Å²) in [6, 6.07) is 18.6. The Bertz CT molecular complexity index is 1220. The third kappa shape index (κ3) is 6.26. The number of hydrogen-bond donors (Lipinski definition) is 2. The van der Waals surface area contributed by atoms with Crippen LogP contribution >= 0.6 is 0 Å². The molecule has 174 valence electrons. The fraction of sp³-hybridized carbons (Fsp3) is 0.240. The van der Waals surface area contributed by atoms with E-state index in [1.54, 1.807) is 49.6 Å². The first-order valence-electron chi connectivity index (χ1n) is 10.5. The zero-order chi connectivity index (χ0) is 24.0. The van der Waals surface area contributed by atoms with Crippen molar-refractivity contribution < 1.29 is 22.7 Å². The SMILES string of the molecule is CC[C@@H](Oc1cccc(OC)c1)C(=O)Nc1ccc(S(=O)(=O)Nc2cc(C)ccc2C)cc1. The molecule has 33 heavy (non-hydrogen) atoms. The summed E-state index contributed by atoms with van der Waals surface area (Å²) in [5.41, 5.74) is 2.79. The topological polar surface area (TPSA) is 93.7 Å². The number of sulfonamides is 1. The molecule has 7 nitrogen and oxygen atoms in total. The summed E-state index contributed by atoms with van der Waals surface area (Å²) in [5, 5.41) is 2.78. The first-order valence-corrected chi connectivity index (χ1v) is 12.0. The second-order valence-electron chi connectivity index (χ2n) is 7.63. The van der Waals surface area contributed by atoms with Gasteiger partial charge in [0.15, 0.2) is 6.10 Å². The summed E-state index contributed by atoms with van der Waals surface area (Å²) in [4.78, 5) is 12.8. The molecule has 2 N–H and O–H groups in total. The van der Waals surface area contributed by atoms with Crippen LogP contribution in [0.25, 0.3) is 0 Å². The molecule has 0 unspecified atom stereocenters. The summed E-state index contributed by atoms with van der Waals surface area (Å²) >= 11 is 0. The Hall–Kier alpha value is -3.52. The molecule has 3 aromatic rings. The van der Waals surface area contributed by atoms with Gasteiger partial charge in [0.25, 0.3) is 15.9 Å². The highest BCUT2D eigenvalue weighted by atomic mass is 32.2. The number of hydrogen-bond acceptors (Lipinski definition) is 5. The van der Waals surface area contributed by atoms with Gasteiger partial charge in [-0.25, -0.2) is 8.42 Å². The Kier molecular flexibility index (Phi) is 7.60. The van der Waals surface area contributed by atoms with Crippen LogP contribution in [-0.4, -0.2) is 27.5 Å². The maximum atomic E-state index is 12.8. The van der Waals surface area contributed by atoms with Gasteiger partial charge < -0.3 is 14.8 Å². The first kappa shape index (κ1) is 24.1. The van der Waals surface area contributed by atoms with E-state index in [4.69, 9.17) is 9.47 Å². The summed E-state index contributed by atoms with van der Waals surface area (Å²) < 4.78 is 39.2. The summed E-state index contributed by atoms with van der Waals surface area (Å²) in [6.45, 7) is 5.59. The Balaban J connectivity index is 1.68. The molecule has 0 aliphatic heterocycles. The normalized spacial score (nSPS) is 12.0.